The van der Waals surface area contributed by atoms with Crippen LogP contribution in [-0.4, -0.2) is 18.3 Å². The molecular weight excluding hydrogens is 224 g/mol. The summed E-state index contributed by atoms with van der Waals surface area (Å²) in [6, 6.07) is 7.39. The summed E-state index contributed by atoms with van der Waals surface area (Å²) in [6.45, 7) is 0.798. The molecule has 1 aliphatic rings. The molecule has 1 atom stereocenters. The van der Waals surface area contributed by atoms with Gasteiger partial charge in [-0.1, -0.05) is 24.1 Å². The number of halogens is 1. The van der Waals surface area contributed by atoms with Gasteiger partial charge in [-0.05, 0) is 37.0 Å². The number of hydrogen-bond donors (Lipinski definition) is 1. The van der Waals surface area contributed by atoms with E-state index in [1.54, 1.807) is 6.07 Å². The van der Waals surface area contributed by atoms with E-state index in [4.69, 9.17) is 16.3 Å². The zero-order chi connectivity index (χ0) is 11.4. The Morgan fingerprint density at radius 3 is 2.81 bits per heavy atom. The van der Waals surface area contributed by atoms with Crippen LogP contribution in [0.3, 0.4) is 0 Å². The molecule has 1 saturated carbocycles. The Hall–Kier alpha value is -0.730. The predicted octanol–water partition coefficient (Wildman–Crippen LogP) is 3.13. The fourth-order valence-electron chi connectivity index (χ4n) is 2.01. The molecule has 1 unspecified atom stereocenters. The zero-order valence-corrected chi connectivity index (χ0v) is 9.99. The summed E-state index contributed by atoms with van der Waals surface area (Å²) in [5.41, 5.74) is 0. The van der Waals surface area contributed by atoms with Crippen LogP contribution in [0.4, 0.5) is 0 Å². The monoisotopic (exact) mass is 240 g/mol. The zero-order valence-electron chi connectivity index (χ0n) is 9.23. The molecule has 0 aromatic heterocycles. The van der Waals surface area contributed by atoms with E-state index in [0.717, 1.165) is 5.75 Å². The average molecular weight is 241 g/mol. The van der Waals surface area contributed by atoms with Crippen LogP contribution in [0.15, 0.2) is 24.3 Å². The summed E-state index contributed by atoms with van der Waals surface area (Å²) >= 11 is 5.87. The highest BCUT2D eigenvalue weighted by atomic mass is 35.5. The van der Waals surface area contributed by atoms with Crippen molar-refractivity contribution >= 4 is 11.6 Å². The van der Waals surface area contributed by atoms with Crippen LogP contribution in [0.25, 0.3) is 0 Å². The van der Waals surface area contributed by atoms with Gasteiger partial charge in [-0.2, -0.15) is 0 Å². The van der Waals surface area contributed by atoms with Crippen LogP contribution in [0.5, 0.6) is 5.75 Å². The first-order chi connectivity index (χ1) is 7.79. The Labute approximate surface area is 101 Å². The van der Waals surface area contributed by atoms with Crippen molar-refractivity contribution in [2.75, 3.05) is 13.2 Å². The first kappa shape index (κ1) is 11.7. The van der Waals surface area contributed by atoms with E-state index in [-0.39, 0.29) is 12.5 Å². The second-order valence-corrected chi connectivity index (χ2v) is 4.84. The van der Waals surface area contributed by atoms with E-state index in [2.05, 4.69) is 0 Å². The fraction of sp³-hybridized carbons (Fsp3) is 0.538. The Morgan fingerprint density at radius 2 is 2.25 bits per heavy atom. The van der Waals surface area contributed by atoms with Crippen LogP contribution in [-0.2, 0) is 0 Å². The lowest BCUT2D eigenvalue weighted by atomic mass is 9.76. The molecule has 1 aromatic carbocycles. The largest absolute Gasteiger partial charge is 0.493 e. The van der Waals surface area contributed by atoms with E-state index < -0.39 is 0 Å². The Kier molecular flexibility index (Phi) is 4.08. The van der Waals surface area contributed by atoms with Crippen molar-refractivity contribution in [2.45, 2.75) is 19.3 Å². The smallest absolute Gasteiger partial charge is 0.120 e. The molecule has 0 spiro atoms. The molecule has 1 aromatic rings. The third kappa shape index (κ3) is 2.89. The second-order valence-electron chi connectivity index (χ2n) is 4.40. The lowest BCUT2D eigenvalue weighted by Crippen LogP contribution is -2.29. The van der Waals surface area contributed by atoms with Gasteiger partial charge in [0.15, 0.2) is 0 Å². The third-order valence-corrected chi connectivity index (χ3v) is 3.55. The number of aliphatic hydroxyl groups is 1. The molecule has 1 aliphatic carbocycles. The molecule has 0 radical (unpaired) electrons. The van der Waals surface area contributed by atoms with Crippen molar-refractivity contribution < 1.29 is 9.84 Å². The molecule has 1 N–H and O–H groups in total. The first-order valence-electron chi connectivity index (χ1n) is 5.79. The van der Waals surface area contributed by atoms with Crippen LogP contribution < -0.4 is 4.74 Å². The highest BCUT2D eigenvalue weighted by Crippen LogP contribution is 2.33. The standard InChI is InChI=1S/C13H17ClO2/c14-12-5-2-6-13(7-12)16-9-11(8-15)10-3-1-4-10/h2,5-7,10-11,15H,1,3-4,8-9H2. The highest BCUT2D eigenvalue weighted by molar-refractivity contribution is 6.30. The van der Waals surface area contributed by atoms with Gasteiger partial charge in [-0.15, -0.1) is 0 Å². The van der Waals surface area contributed by atoms with Gasteiger partial charge >= 0.3 is 0 Å². The number of aliphatic hydroxyl groups excluding tert-OH is 1. The lowest BCUT2D eigenvalue weighted by molar-refractivity contribution is 0.0796. The van der Waals surface area contributed by atoms with Crippen molar-refractivity contribution in [3.8, 4) is 5.75 Å². The van der Waals surface area contributed by atoms with Gasteiger partial charge in [0, 0.05) is 17.5 Å². The minimum Gasteiger partial charge on any atom is -0.493 e. The molecule has 0 amide bonds. The number of rotatable bonds is 5. The Morgan fingerprint density at radius 1 is 1.44 bits per heavy atom. The molecule has 1 fully saturated rings. The van der Waals surface area contributed by atoms with Crippen LogP contribution in [0, 0.1) is 11.8 Å². The van der Waals surface area contributed by atoms with Crippen molar-refractivity contribution in [1.29, 1.82) is 0 Å². The fourth-order valence-corrected chi connectivity index (χ4v) is 2.19. The summed E-state index contributed by atoms with van der Waals surface area (Å²) in [5.74, 6) is 1.70. The highest BCUT2D eigenvalue weighted by Gasteiger charge is 2.27. The number of ether oxygens (including phenoxy) is 1. The molecule has 2 nitrogen and oxygen atoms in total. The van der Waals surface area contributed by atoms with Gasteiger partial charge in [-0.25, -0.2) is 0 Å². The van der Waals surface area contributed by atoms with Gasteiger partial charge in [0.25, 0.3) is 0 Å². The van der Waals surface area contributed by atoms with Crippen molar-refractivity contribution in [3.05, 3.63) is 29.3 Å². The van der Waals surface area contributed by atoms with Crippen LogP contribution in [0.1, 0.15) is 19.3 Å². The molecule has 2 rings (SSSR count). The van der Waals surface area contributed by atoms with E-state index >= 15 is 0 Å². The van der Waals surface area contributed by atoms with E-state index in [1.165, 1.54) is 19.3 Å². The predicted molar refractivity (Wildman–Crippen MR) is 64.9 cm³/mol. The molecule has 0 heterocycles. The number of benzene rings is 1. The van der Waals surface area contributed by atoms with E-state index in [9.17, 15) is 5.11 Å². The maximum absolute atomic E-state index is 9.29. The molecule has 0 bridgehead atoms. The summed E-state index contributed by atoms with van der Waals surface area (Å²) in [7, 11) is 0. The van der Waals surface area contributed by atoms with Crippen molar-refractivity contribution in [2.24, 2.45) is 11.8 Å². The first-order valence-corrected chi connectivity index (χ1v) is 6.16. The topological polar surface area (TPSA) is 29.5 Å². The van der Waals surface area contributed by atoms with Gasteiger partial charge in [-0.3, -0.25) is 0 Å². The van der Waals surface area contributed by atoms with Crippen LogP contribution >= 0.6 is 11.6 Å². The maximum Gasteiger partial charge on any atom is 0.120 e. The van der Waals surface area contributed by atoms with Gasteiger partial charge < -0.3 is 9.84 Å². The SMILES string of the molecule is OCC(COc1cccc(Cl)c1)C1CCC1. The second kappa shape index (κ2) is 5.55. The summed E-state index contributed by atoms with van der Waals surface area (Å²) in [5, 5.41) is 9.97. The lowest BCUT2D eigenvalue weighted by Gasteiger charge is -2.32. The van der Waals surface area contributed by atoms with Gasteiger partial charge in [0.2, 0.25) is 0 Å². The molecular formula is C13H17ClO2. The summed E-state index contributed by atoms with van der Waals surface area (Å²) < 4.78 is 5.65. The molecule has 3 heteroatoms. The van der Waals surface area contributed by atoms with E-state index in [1.807, 2.05) is 18.2 Å². The Bertz CT molecular complexity index is 336. The average Bonchev–Trinajstić information content (AvgIpc) is 2.21. The molecule has 0 saturated heterocycles. The third-order valence-electron chi connectivity index (χ3n) is 3.31. The molecule has 88 valence electrons. The van der Waals surface area contributed by atoms with Crippen molar-refractivity contribution in [1.82, 2.24) is 0 Å². The maximum atomic E-state index is 9.29. The van der Waals surface area contributed by atoms with Gasteiger partial charge in [0.05, 0.1) is 6.61 Å². The minimum absolute atomic E-state index is 0.214. The summed E-state index contributed by atoms with van der Waals surface area (Å²) in [4.78, 5) is 0. The molecule has 16 heavy (non-hydrogen) atoms. The normalized spacial score (nSPS) is 17.9. The minimum atomic E-state index is 0.214. The van der Waals surface area contributed by atoms with Crippen LogP contribution in [0.2, 0.25) is 5.02 Å². The molecule has 0 aliphatic heterocycles. The van der Waals surface area contributed by atoms with Gasteiger partial charge in [0.1, 0.15) is 5.75 Å². The number of hydrogen-bond acceptors (Lipinski definition) is 2. The van der Waals surface area contributed by atoms with E-state index in [0.29, 0.717) is 17.5 Å². The van der Waals surface area contributed by atoms with Crippen molar-refractivity contribution in [3.63, 3.8) is 0 Å². The summed E-state index contributed by atoms with van der Waals surface area (Å²) in [6.07, 6.45) is 3.74. The quantitative estimate of drug-likeness (QED) is 0.857. The Balaban J connectivity index is 1.85.